The molecule has 1 aliphatic rings. The normalized spacial score (nSPS) is 20.1. The molecule has 12 heteroatoms. The van der Waals surface area contributed by atoms with Crippen molar-refractivity contribution in [3.8, 4) is 5.75 Å². The lowest BCUT2D eigenvalue weighted by Gasteiger charge is -2.29. The van der Waals surface area contributed by atoms with E-state index in [-0.39, 0.29) is 10.8 Å². The number of alkyl halides is 4. The summed E-state index contributed by atoms with van der Waals surface area (Å²) in [6.45, 7) is -1.03. The number of aliphatic hydroxyl groups is 1. The number of carbonyl (C=O) groups is 1. The summed E-state index contributed by atoms with van der Waals surface area (Å²) in [5, 5.41) is 23.5. The zero-order valence-electron chi connectivity index (χ0n) is 12.3. The first-order valence-corrected chi connectivity index (χ1v) is 6.72. The van der Waals surface area contributed by atoms with Gasteiger partial charge in [0.05, 0.1) is 4.92 Å². The molecule has 8 nitrogen and oxygen atoms in total. The Bertz CT molecular complexity index is 715. The highest BCUT2D eigenvalue weighted by molar-refractivity contribution is 5.93. The van der Waals surface area contributed by atoms with Crippen LogP contribution in [0.3, 0.4) is 0 Å². The van der Waals surface area contributed by atoms with Gasteiger partial charge >= 0.3 is 5.69 Å². The summed E-state index contributed by atoms with van der Waals surface area (Å²) in [6.07, 6.45) is -8.03. The average molecular weight is 365 g/mol. The number of nitro groups is 1. The molecule has 1 unspecified atom stereocenters. The van der Waals surface area contributed by atoms with Gasteiger partial charge in [-0.2, -0.15) is 10.1 Å². The second kappa shape index (κ2) is 7.01. The molecule has 0 aliphatic carbocycles. The maximum atomic E-state index is 13.0. The van der Waals surface area contributed by atoms with Gasteiger partial charge in [0, 0.05) is 12.5 Å². The Morgan fingerprint density at radius 2 is 2.04 bits per heavy atom. The maximum absolute atomic E-state index is 13.0. The van der Waals surface area contributed by atoms with Crippen LogP contribution < -0.4 is 4.74 Å². The standard InChI is InChI=1S/C13H11F4N3O5/c14-11(15)7-5-13(22,12(16)17)19(18-7)10(21)6-25-9-4-2-1-3-8(9)20(23)24/h1-4,11-12,22H,5-6H2. The van der Waals surface area contributed by atoms with Gasteiger partial charge in [0.25, 0.3) is 18.8 Å². The molecule has 1 aromatic carbocycles. The second-order valence-corrected chi connectivity index (χ2v) is 4.97. The molecule has 0 saturated heterocycles. The van der Waals surface area contributed by atoms with Crippen molar-refractivity contribution in [1.29, 1.82) is 0 Å². The van der Waals surface area contributed by atoms with Crippen LogP contribution in [-0.2, 0) is 4.79 Å². The number of rotatable bonds is 6. The van der Waals surface area contributed by atoms with Crippen LogP contribution in [0.15, 0.2) is 29.4 Å². The zero-order chi connectivity index (χ0) is 18.8. The minimum absolute atomic E-state index is 0.173. The van der Waals surface area contributed by atoms with Crippen LogP contribution in [0.5, 0.6) is 5.75 Å². The van der Waals surface area contributed by atoms with Crippen molar-refractivity contribution < 1.29 is 37.1 Å². The minimum Gasteiger partial charge on any atom is -0.477 e. The highest BCUT2D eigenvalue weighted by atomic mass is 19.3. The number of carbonyl (C=O) groups excluding carboxylic acids is 1. The maximum Gasteiger partial charge on any atom is 0.310 e. The Morgan fingerprint density at radius 3 is 2.60 bits per heavy atom. The molecule has 1 aliphatic heterocycles. The van der Waals surface area contributed by atoms with E-state index in [0.29, 0.717) is 0 Å². The quantitative estimate of drug-likeness (QED) is 0.470. The number of ether oxygens (including phenoxy) is 1. The van der Waals surface area contributed by atoms with Crippen molar-refractivity contribution in [2.45, 2.75) is 25.0 Å². The average Bonchev–Trinajstić information content (AvgIpc) is 2.92. The van der Waals surface area contributed by atoms with Gasteiger partial charge in [0.2, 0.25) is 5.72 Å². The molecule has 0 aromatic heterocycles. The molecule has 136 valence electrons. The Morgan fingerprint density at radius 1 is 1.40 bits per heavy atom. The minimum atomic E-state index is -3.57. The highest BCUT2D eigenvalue weighted by Gasteiger charge is 2.53. The van der Waals surface area contributed by atoms with Gasteiger partial charge in [-0.1, -0.05) is 12.1 Å². The third-order valence-electron chi connectivity index (χ3n) is 3.29. The van der Waals surface area contributed by atoms with E-state index in [1.54, 1.807) is 0 Å². The lowest BCUT2D eigenvalue weighted by molar-refractivity contribution is -0.385. The van der Waals surface area contributed by atoms with Gasteiger partial charge in [-0.25, -0.2) is 17.6 Å². The molecule has 0 bridgehead atoms. The number of para-hydroxylation sites is 2. The van der Waals surface area contributed by atoms with E-state index in [4.69, 9.17) is 4.74 Å². The number of hydrogen-bond donors (Lipinski definition) is 1. The van der Waals surface area contributed by atoms with Gasteiger partial charge in [-0.3, -0.25) is 14.9 Å². The Hall–Kier alpha value is -2.76. The summed E-state index contributed by atoms with van der Waals surface area (Å²) >= 11 is 0. The Balaban J connectivity index is 2.18. The van der Waals surface area contributed by atoms with E-state index in [1.807, 2.05) is 0 Å². The van der Waals surface area contributed by atoms with Crippen LogP contribution in [-0.4, -0.2) is 51.8 Å². The second-order valence-electron chi connectivity index (χ2n) is 4.97. The van der Waals surface area contributed by atoms with Gasteiger partial charge in [0.15, 0.2) is 12.4 Å². The molecular formula is C13H11F4N3O5. The number of halogens is 4. The molecule has 0 radical (unpaired) electrons. The summed E-state index contributed by atoms with van der Waals surface area (Å²) in [5.74, 6) is -1.70. The molecule has 25 heavy (non-hydrogen) atoms. The summed E-state index contributed by atoms with van der Waals surface area (Å²) in [7, 11) is 0. The molecule has 1 heterocycles. The first kappa shape index (κ1) is 18.6. The fraction of sp³-hybridized carbons (Fsp3) is 0.385. The van der Waals surface area contributed by atoms with E-state index in [0.717, 1.165) is 12.1 Å². The Labute approximate surface area is 137 Å². The molecule has 0 fully saturated rings. The molecule has 1 atom stereocenters. The predicted octanol–water partition coefficient (Wildman–Crippen LogP) is 1.78. The smallest absolute Gasteiger partial charge is 0.310 e. The topological polar surface area (TPSA) is 105 Å². The van der Waals surface area contributed by atoms with Gasteiger partial charge < -0.3 is 9.84 Å². The van der Waals surface area contributed by atoms with Crippen molar-refractivity contribution in [3.63, 3.8) is 0 Å². The van der Waals surface area contributed by atoms with Crippen LogP contribution >= 0.6 is 0 Å². The number of hydrogen-bond acceptors (Lipinski definition) is 6. The summed E-state index contributed by atoms with van der Waals surface area (Å²) < 4.78 is 56.2. The lowest BCUT2D eigenvalue weighted by atomic mass is 10.1. The molecule has 1 aromatic rings. The zero-order valence-corrected chi connectivity index (χ0v) is 12.3. The number of nitro benzene ring substituents is 1. The number of benzene rings is 1. The molecule has 0 spiro atoms. The summed E-state index contributed by atoms with van der Waals surface area (Å²) in [6, 6.07) is 4.94. The van der Waals surface area contributed by atoms with Gasteiger partial charge in [-0.15, -0.1) is 0 Å². The van der Waals surface area contributed by atoms with Crippen LogP contribution in [0.4, 0.5) is 23.2 Å². The molecule has 0 saturated carbocycles. The van der Waals surface area contributed by atoms with Crippen LogP contribution in [0, 0.1) is 10.1 Å². The highest BCUT2D eigenvalue weighted by Crippen LogP contribution is 2.33. The first-order valence-electron chi connectivity index (χ1n) is 6.72. The first-order chi connectivity index (χ1) is 11.7. The van der Waals surface area contributed by atoms with Crippen LogP contribution in [0.2, 0.25) is 0 Å². The summed E-state index contributed by atoms with van der Waals surface area (Å²) in [4.78, 5) is 22.0. The van der Waals surface area contributed by atoms with Crippen molar-refractivity contribution in [2.24, 2.45) is 5.10 Å². The van der Waals surface area contributed by atoms with Crippen molar-refractivity contribution in [3.05, 3.63) is 34.4 Å². The molecule has 1 amide bonds. The molecule has 2 rings (SSSR count). The summed E-state index contributed by atoms with van der Waals surface area (Å²) in [5.41, 5.74) is -4.80. The third-order valence-corrected chi connectivity index (χ3v) is 3.29. The number of nitrogens with zero attached hydrogens (tertiary/aromatic N) is 3. The van der Waals surface area contributed by atoms with Crippen molar-refractivity contribution in [1.82, 2.24) is 5.01 Å². The van der Waals surface area contributed by atoms with Crippen molar-refractivity contribution in [2.75, 3.05) is 6.61 Å². The van der Waals surface area contributed by atoms with Crippen LogP contribution in [0.1, 0.15) is 6.42 Å². The van der Waals surface area contributed by atoms with E-state index in [2.05, 4.69) is 5.10 Å². The van der Waals surface area contributed by atoms with Crippen LogP contribution in [0.25, 0.3) is 0 Å². The Kier molecular flexibility index (Phi) is 5.21. The lowest BCUT2D eigenvalue weighted by Crippen LogP contribution is -2.52. The predicted molar refractivity (Wildman–Crippen MR) is 74.4 cm³/mol. The van der Waals surface area contributed by atoms with E-state index >= 15 is 0 Å². The largest absolute Gasteiger partial charge is 0.477 e. The fourth-order valence-electron chi connectivity index (χ4n) is 2.08. The molecular weight excluding hydrogens is 354 g/mol. The number of amides is 1. The van der Waals surface area contributed by atoms with E-state index in [1.165, 1.54) is 12.1 Å². The van der Waals surface area contributed by atoms with E-state index < -0.39 is 53.8 Å². The van der Waals surface area contributed by atoms with E-state index in [9.17, 15) is 37.6 Å². The van der Waals surface area contributed by atoms with Gasteiger partial charge in [0.1, 0.15) is 5.71 Å². The van der Waals surface area contributed by atoms with Crippen molar-refractivity contribution >= 4 is 17.3 Å². The SMILES string of the molecule is O=C(COc1ccccc1[N+](=O)[O-])N1N=C(C(F)F)CC1(O)C(F)F. The number of hydrazone groups is 1. The fourth-order valence-corrected chi connectivity index (χ4v) is 2.08. The van der Waals surface area contributed by atoms with Gasteiger partial charge in [-0.05, 0) is 6.07 Å². The molecule has 1 N–H and O–H groups in total. The monoisotopic (exact) mass is 365 g/mol. The third kappa shape index (κ3) is 3.68.